The van der Waals surface area contributed by atoms with Crippen LogP contribution in [0.15, 0.2) is 0 Å². The second-order valence-electron chi connectivity index (χ2n) is 12.3. The summed E-state index contributed by atoms with van der Waals surface area (Å²) in [7, 11) is 1.68. The number of hydrogen-bond acceptors (Lipinski definition) is 15. The number of likely N-dealkylation sites (N-methyl/N-ethyl adjacent to an activating group) is 1. The zero-order chi connectivity index (χ0) is 36.9. The molecule has 0 aliphatic carbocycles. The van der Waals surface area contributed by atoms with Crippen molar-refractivity contribution >= 4 is 6.09 Å². The largest absolute Gasteiger partial charge is 0.444 e. The van der Waals surface area contributed by atoms with Crippen molar-refractivity contribution in [2.24, 2.45) is 0 Å². The molecule has 1 fully saturated rings. The summed E-state index contributed by atoms with van der Waals surface area (Å²) in [6.07, 6.45) is 2.81. The molecule has 16 nitrogen and oxygen atoms in total. The van der Waals surface area contributed by atoms with Crippen molar-refractivity contribution in [1.82, 2.24) is 4.90 Å². The lowest BCUT2D eigenvalue weighted by Crippen LogP contribution is -2.36. The lowest BCUT2D eigenvalue weighted by molar-refractivity contribution is -0.169. The SMILES string of the molecule is CN(CCOCCOCCOCCOCCOCCOCCOCCOCCOCCOCCOCCOC1CCCCO1)C(=O)OC(C)(C)C. The van der Waals surface area contributed by atoms with Crippen molar-refractivity contribution < 1.29 is 71.1 Å². The van der Waals surface area contributed by atoms with Gasteiger partial charge in [-0.25, -0.2) is 4.79 Å². The molecule has 0 saturated carbocycles. The van der Waals surface area contributed by atoms with E-state index in [0.717, 1.165) is 25.9 Å². The fourth-order valence-corrected chi connectivity index (χ4v) is 4.01. The third kappa shape index (κ3) is 35.5. The molecule has 51 heavy (non-hydrogen) atoms. The van der Waals surface area contributed by atoms with E-state index in [-0.39, 0.29) is 12.4 Å². The average Bonchev–Trinajstić information content (AvgIpc) is 3.11. The molecule has 16 heteroatoms. The number of carbonyl (C=O) groups excluding carboxylic acids is 1. The summed E-state index contributed by atoms with van der Waals surface area (Å²) in [5, 5.41) is 0. The van der Waals surface area contributed by atoms with Gasteiger partial charge in [-0.1, -0.05) is 0 Å². The van der Waals surface area contributed by atoms with Gasteiger partial charge in [0.1, 0.15) is 5.60 Å². The zero-order valence-corrected chi connectivity index (χ0v) is 31.9. The molecule has 1 aliphatic heterocycles. The molecule has 0 radical (unpaired) electrons. The number of nitrogens with zero attached hydrogens (tertiary/aromatic N) is 1. The fraction of sp³-hybridized carbons (Fsp3) is 0.971. The highest BCUT2D eigenvalue weighted by Gasteiger charge is 2.19. The summed E-state index contributed by atoms with van der Waals surface area (Å²) in [6, 6.07) is 0. The molecule has 304 valence electrons. The Hall–Kier alpha value is -1.25. The van der Waals surface area contributed by atoms with Crippen LogP contribution < -0.4 is 0 Å². The first-order chi connectivity index (χ1) is 24.9. The van der Waals surface area contributed by atoms with Crippen molar-refractivity contribution in [2.45, 2.75) is 51.9 Å². The Morgan fingerprint density at radius 1 is 0.510 bits per heavy atom. The highest BCUT2D eigenvalue weighted by molar-refractivity contribution is 5.67. The van der Waals surface area contributed by atoms with Crippen LogP contribution >= 0.6 is 0 Å². The van der Waals surface area contributed by atoms with Gasteiger partial charge in [-0.15, -0.1) is 0 Å². The Balaban J connectivity index is 1.63. The van der Waals surface area contributed by atoms with Crippen LogP contribution in [-0.4, -0.2) is 195 Å². The second-order valence-corrected chi connectivity index (χ2v) is 12.3. The molecule has 1 rings (SSSR count). The topological polar surface area (TPSA) is 150 Å². The molecule has 1 atom stereocenters. The van der Waals surface area contributed by atoms with Crippen LogP contribution in [0.4, 0.5) is 4.79 Å². The van der Waals surface area contributed by atoms with Gasteiger partial charge in [0.2, 0.25) is 0 Å². The molecule has 0 aromatic rings. The minimum Gasteiger partial charge on any atom is -0.444 e. The van der Waals surface area contributed by atoms with Crippen molar-refractivity contribution in [3.63, 3.8) is 0 Å². The zero-order valence-electron chi connectivity index (χ0n) is 31.9. The van der Waals surface area contributed by atoms with Gasteiger partial charge in [0.25, 0.3) is 0 Å². The number of hydrogen-bond donors (Lipinski definition) is 0. The van der Waals surface area contributed by atoms with E-state index in [1.165, 1.54) is 4.90 Å². The van der Waals surface area contributed by atoms with E-state index >= 15 is 0 Å². The summed E-state index contributed by atoms with van der Waals surface area (Å²) in [6.45, 7) is 18.2. The van der Waals surface area contributed by atoms with Gasteiger partial charge in [0.15, 0.2) is 6.29 Å². The Bertz CT molecular complexity index is 740. The fourth-order valence-electron chi connectivity index (χ4n) is 4.01. The van der Waals surface area contributed by atoms with Crippen molar-refractivity contribution in [1.29, 1.82) is 0 Å². The Kier molecular flexibility index (Phi) is 33.5. The van der Waals surface area contributed by atoms with Crippen LogP contribution in [0.1, 0.15) is 40.0 Å². The van der Waals surface area contributed by atoms with Crippen molar-refractivity contribution in [3.05, 3.63) is 0 Å². The van der Waals surface area contributed by atoms with E-state index in [2.05, 4.69) is 0 Å². The number of carbonyl (C=O) groups is 1. The van der Waals surface area contributed by atoms with Crippen molar-refractivity contribution in [2.75, 3.05) is 172 Å². The normalized spacial score (nSPS) is 15.0. The Labute approximate surface area is 306 Å². The van der Waals surface area contributed by atoms with Gasteiger partial charge in [-0.05, 0) is 40.0 Å². The number of ether oxygens (including phenoxy) is 14. The van der Waals surface area contributed by atoms with Crippen LogP contribution in [-0.2, 0) is 66.3 Å². The Morgan fingerprint density at radius 3 is 1.12 bits per heavy atom. The summed E-state index contributed by atoms with van der Waals surface area (Å²) in [4.78, 5) is 13.4. The molecule has 1 aliphatic rings. The first kappa shape index (κ1) is 47.8. The maximum Gasteiger partial charge on any atom is 0.410 e. The number of rotatable bonds is 37. The van der Waals surface area contributed by atoms with E-state index in [9.17, 15) is 4.79 Å². The molecule has 1 saturated heterocycles. The monoisotopic (exact) mass is 743 g/mol. The predicted octanol–water partition coefficient (Wildman–Crippen LogP) is 2.58. The molecule has 0 aromatic carbocycles. The van der Waals surface area contributed by atoms with Crippen LogP contribution in [0, 0.1) is 0 Å². The molecule has 0 spiro atoms. The smallest absolute Gasteiger partial charge is 0.410 e. The van der Waals surface area contributed by atoms with E-state index in [1.54, 1.807) is 7.05 Å². The number of amides is 1. The summed E-state index contributed by atoms with van der Waals surface area (Å²) in [5.74, 6) is 0. The highest BCUT2D eigenvalue weighted by atomic mass is 16.7. The lowest BCUT2D eigenvalue weighted by atomic mass is 10.2. The highest BCUT2D eigenvalue weighted by Crippen LogP contribution is 2.13. The minimum atomic E-state index is -0.511. The average molecular weight is 744 g/mol. The summed E-state index contributed by atoms with van der Waals surface area (Å²) < 4.78 is 76.7. The lowest BCUT2D eigenvalue weighted by Gasteiger charge is -2.24. The van der Waals surface area contributed by atoms with Gasteiger partial charge in [0, 0.05) is 20.2 Å². The summed E-state index contributed by atoms with van der Waals surface area (Å²) in [5.41, 5.74) is -0.511. The van der Waals surface area contributed by atoms with Gasteiger partial charge >= 0.3 is 6.09 Å². The minimum absolute atomic E-state index is 0.0702. The van der Waals surface area contributed by atoms with Crippen LogP contribution in [0.3, 0.4) is 0 Å². The molecular weight excluding hydrogens is 674 g/mol. The Morgan fingerprint density at radius 2 is 0.824 bits per heavy atom. The van der Waals surface area contributed by atoms with Gasteiger partial charge in [-0.2, -0.15) is 0 Å². The molecule has 1 amide bonds. The van der Waals surface area contributed by atoms with E-state index < -0.39 is 5.60 Å². The van der Waals surface area contributed by atoms with Gasteiger partial charge in [0.05, 0.1) is 152 Å². The molecule has 1 heterocycles. The van der Waals surface area contributed by atoms with E-state index in [0.29, 0.717) is 159 Å². The van der Waals surface area contributed by atoms with E-state index in [4.69, 9.17) is 66.3 Å². The first-order valence-electron chi connectivity index (χ1n) is 18.4. The molecule has 0 bridgehead atoms. The van der Waals surface area contributed by atoms with E-state index in [1.807, 2.05) is 20.8 Å². The molecule has 1 unspecified atom stereocenters. The molecular formula is C35H69NO15. The van der Waals surface area contributed by atoms with Crippen molar-refractivity contribution in [3.8, 4) is 0 Å². The van der Waals surface area contributed by atoms with Gasteiger partial charge < -0.3 is 71.2 Å². The quantitative estimate of drug-likeness (QED) is 0.0858. The maximum absolute atomic E-state index is 11.9. The standard InChI is InChI=1S/C35H69NO15/c1-35(2,3)51-34(37)36(4)8-10-38-11-12-39-13-14-40-15-16-41-17-18-42-19-20-43-21-22-44-23-24-45-25-26-46-27-28-47-29-30-48-31-32-50-33-7-5-6-9-49-33/h33H,5-32H2,1-4H3. The van der Waals surface area contributed by atoms with Gasteiger partial charge in [-0.3, -0.25) is 0 Å². The van der Waals surface area contributed by atoms with Crippen LogP contribution in [0.25, 0.3) is 0 Å². The molecule has 0 N–H and O–H groups in total. The van der Waals surface area contributed by atoms with Crippen LogP contribution in [0.5, 0.6) is 0 Å². The third-order valence-electron chi connectivity index (χ3n) is 6.67. The maximum atomic E-state index is 11.9. The third-order valence-corrected chi connectivity index (χ3v) is 6.67. The summed E-state index contributed by atoms with van der Waals surface area (Å²) >= 11 is 0. The predicted molar refractivity (Wildman–Crippen MR) is 187 cm³/mol. The second kappa shape index (κ2) is 35.8. The first-order valence-corrected chi connectivity index (χ1v) is 18.4. The molecule has 0 aromatic heterocycles. The van der Waals surface area contributed by atoms with Crippen LogP contribution in [0.2, 0.25) is 0 Å².